The number of ether oxygens (including phenoxy) is 2. The molecule has 1 N–H and O–H groups in total. The second kappa shape index (κ2) is 4.93. The van der Waals surface area contributed by atoms with Crippen LogP contribution < -0.4 is 4.74 Å². The molecule has 0 radical (unpaired) electrons. The van der Waals surface area contributed by atoms with E-state index < -0.39 is 11.6 Å². The van der Waals surface area contributed by atoms with Crippen LogP contribution >= 0.6 is 11.6 Å². The zero-order valence-corrected chi connectivity index (χ0v) is 12.8. The van der Waals surface area contributed by atoms with E-state index in [0.29, 0.717) is 11.4 Å². The minimum Gasteiger partial charge on any atom is -0.485 e. The monoisotopic (exact) mass is 298 g/mol. The topological polar surface area (TPSA) is 55.8 Å². The third-order valence-electron chi connectivity index (χ3n) is 3.45. The van der Waals surface area contributed by atoms with Gasteiger partial charge in [-0.2, -0.15) is 0 Å². The van der Waals surface area contributed by atoms with Crippen LogP contribution in [0.5, 0.6) is 5.75 Å². The number of rotatable bonds is 3. The van der Waals surface area contributed by atoms with E-state index in [9.17, 15) is 9.90 Å². The van der Waals surface area contributed by atoms with Crippen molar-refractivity contribution in [2.24, 2.45) is 0 Å². The van der Waals surface area contributed by atoms with Crippen LogP contribution in [0.4, 0.5) is 0 Å². The van der Waals surface area contributed by atoms with Gasteiger partial charge in [0.15, 0.2) is 5.75 Å². The number of carboxylic acid groups (broad SMARTS) is 1. The van der Waals surface area contributed by atoms with Crippen molar-refractivity contribution >= 4 is 17.6 Å². The van der Waals surface area contributed by atoms with Crippen molar-refractivity contribution in [3.63, 3.8) is 0 Å². The van der Waals surface area contributed by atoms with Crippen molar-refractivity contribution in [3.8, 4) is 5.75 Å². The summed E-state index contributed by atoms with van der Waals surface area (Å²) in [5.41, 5.74) is -0.741. The van der Waals surface area contributed by atoms with Crippen LogP contribution in [0.2, 0.25) is 5.02 Å². The summed E-state index contributed by atoms with van der Waals surface area (Å²) in [6, 6.07) is 4.70. The lowest BCUT2D eigenvalue weighted by atomic mass is 9.97. The Morgan fingerprint density at radius 2 is 2.05 bits per heavy atom. The Balaban J connectivity index is 2.34. The molecule has 1 heterocycles. The summed E-state index contributed by atoms with van der Waals surface area (Å²) in [6.45, 7) is 7.85. The predicted molar refractivity (Wildman–Crippen MR) is 76.7 cm³/mol. The third kappa shape index (κ3) is 2.91. The maximum atomic E-state index is 11.3. The molecule has 5 heteroatoms. The van der Waals surface area contributed by atoms with Crippen LogP contribution in [0, 0.1) is 0 Å². The van der Waals surface area contributed by atoms with Gasteiger partial charge < -0.3 is 14.6 Å². The molecule has 1 aromatic rings. The van der Waals surface area contributed by atoms with Gasteiger partial charge in [-0.25, -0.2) is 4.79 Å². The van der Waals surface area contributed by atoms with Gasteiger partial charge in [0.25, 0.3) is 0 Å². The van der Waals surface area contributed by atoms with Crippen LogP contribution in [0.15, 0.2) is 18.2 Å². The normalized spacial score (nSPS) is 23.6. The summed E-state index contributed by atoms with van der Waals surface area (Å²) in [5, 5.41) is 9.52. The number of hydrogen-bond donors (Lipinski definition) is 1. The Morgan fingerprint density at radius 3 is 2.55 bits per heavy atom. The average molecular weight is 299 g/mol. The summed E-state index contributed by atoms with van der Waals surface area (Å²) < 4.78 is 11.9. The van der Waals surface area contributed by atoms with Gasteiger partial charge in [0.2, 0.25) is 0 Å². The molecule has 2 rings (SSSR count). The van der Waals surface area contributed by atoms with Crippen molar-refractivity contribution in [1.82, 2.24) is 0 Å². The van der Waals surface area contributed by atoms with Gasteiger partial charge in [0.05, 0.1) is 10.6 Å². The molecule has 1 aliphatic heterocycles. The van der Waals surface area contributed by atoms with E-state index in [1.54, 1.807) is 12.1 Å². The molecule has 1 atom stereocenters. The van der Waals surface area contributed by atoms with E-state index in [1.165, 1.54) is 6.07 Å². The number of para-hydroxylation sites is 1. The zero-order chi connectivity index (χ0) is 15.1. The van der Waals surface area contributed by atoms with Crippen molar-refractivity contribution in [2.75, 3.05) is 0 Å². The maximum absolute atomic E-state index is 11.3. The van der Waals surface area contributed by atoms with Gasteiger partial charge in [-0.05, 0) is 39.8 Å². The van der Waals surface area contributed by atoms with Crippen molar-refractivity contribution in [3.05, 3.63) is 28.8 Å². The molecule has 1 aromatic carbocycles. The minimum absolute atomic E-state index is 0.0676. The number of carboxylic acids is 1. The fraction of sp³-hybridized carbons (Fsp3) is 0.533. The van der Waals surface area contributed by atoms with Crippen LogP contribution in [-0.4, -0.2) is 28.4 Å². The molecule has 4 nitrogen and oxygen atoms in total. The first-order valence-electron chi connectivity index (χ1n) is 6.51. The zero-order valence-electron chi connectivity index (χ0n) is 12.1. The Hall–Kier alpha value is -1.26. The van der Waals surface area contributed by atoms with Crippen LogP contribution in [0.3, 0.4) is 0 Å². The first-order valence-corrected chi connectivity index (χ1v) is 6.89. The van der Waals surface area contributed by atoms with Crippen molar-refractivity contribution in [1.29, 1.82) is 0 Å². The largest absolute Gasteiger partial charge is 0.485 e. The highest BCUT2D eigenvalue weighted by molar-refractivity contribution is 6.32. The van der Waals surface area contributed by atoms with Crippen LogP contribution in [0.1, 0.15) is 44.5 Å². The molecular formula is C15H19ClO4. The molecule has 0 spiro atoms. The molecule has 20 heavy (non-hydrogen) atoms. The van der Waals surface area contributed by atoms with E-state index in [4.69, 9.17) is 21.1 Å². The van der Waals surface area contributed by atoms with Crippen LogP contribution in [-0.2, 0) is 4.74 Å². The molecule has 1 saturated heterocycles. The first-order chi connectivity index (χ1) is 9.12. The lowest BCUT2D eigenvalue weighted by molar-refractivity contribution is -0.0846. The number of benzene rings is 1. The van der Waals surface area contributed by atoms with E-state index in [1.807, 2.05) is 27.7 Å². The number of hydrogen-bond acceptors (Lipinski definition) is 3. The van der Waals surface area contributed by atoms with Crippen molar-refractivity contribution in [2.45, 2.75) is 51.4 Å². The molecule has 0 saturated carbocycles. The molecule has 0 amide bonds. The lowest BCUT2D eigenvalue weighted by Crippen LogP contribution is -2.37. The Labute approximate surface area is 123 Å². The van der Waals surface area contributed by atoms with Gasteiger partial charge in [-0.15, -0.1) is 0 Å². The highest BCUT2D eigenvalue weighted by Crippen LogP contribution is 2.41. The summed E-state index contributed by atoms with van der Waals surface area (Å²) in [6.07, 6.45) is 0.417. The van der Waals surface area contributed by atoms with E-state index in [0.717, 1.165) is 0 Å². The Bertz CT molecular complexity index is 537. The number of halogens is 1. The quantitative estimate of drug-likeness (QED) is 0.923. The standard InChI is InChI=1S/C15H19ClO4/c1-14(2)8-11(15(3,4)20-14)19-12-9(13(17)18)6-5-7-10(12)16/h5-7,11H,8H2,1-4H3,(H,17,18). The highest BCUT2D eigenvalue weighted by atomic mass is 35.5. The van der Waals surface area contributed by atoms with Gasteiger partial charge >= 0.3 is 5.97 Å². The molecule has 1 aliphatic rings. The molecule has 0 aromatic heterocycles. The van der Waals surface area contributed by atoms with Gasteiger partial charge in [0, 0.05) is 6.42 Å². The average Bonchev–Trinajstić information content (AvgIpc) is 2.49. The SMILES string of the molecule is CC1(C)CC(Oc2c(Cl)cccc2C(=O)O)C(C)(C)O1. The van der Waals surface area contributed by atoms with Crippen LogP contribution in [0.25, 0.3) is 0 Å². The van der Waals surface area contributed by atoms with Gasteiger partial charge in [-0.1, -0.05) is 17.7 Å². The molecule has 0 aliphatic carbocycles. The fourth-order valence-corrected chi connectivity index (χ4v) is 2.85. The third-order valence-corrected chi connectivity index (χ3v) is 3.75. The molecular weight excluding hydrogens is 280 g/mol. The van der Waals surface area contributed by atoms with Crippen molar-refractivity contribution < 1.29 is 19.4 Å². The number of aromatic carboxylic acids is 1. The maximum Gasteiger partial charge on any atom is 0.339 e. The first kappa shape index (κ1) is 15.1. The summed E-state index contributed by atoms with van der Waals surface area (Å²) in [4.78, 5) is 11.3. The molecule has 1 unspecified atom stereocenters. The molecule has 110 valence electrons. The fourth-order valence-electron chi connectivity index (χ4n) is 2.63. The smallest absolute Gasteiger partial charge is 0.339 e. The Morgan fingerprint density at radius 1 is 1.40 bits per heavy atom. The number of carbonyl (C=O) groups is 1. The Kier molecular flexibility index (Phi) is 3.73. The van der Waals surface area contributed by atoms with E-state index in [-0.39, 0.29) is 23.0 Å². The second-order valence-corrected chi connectivity index (χ2v) is 6.60. The second-order valence-electron chi connectivity index (χ2n) is 6.20. The molecule has 0 bridgehead atoms. The summed E-state index contributed by atoms with van der Waals surface area (Å²) >= 11 is 6.09. The minimum atomic E-state index is -1.06. The van der Waals surface area contributed by atoms with Gasteiger partial charge in [0.1, 0.15) is 17.3 Å². The lowest BCUT2D eigenvalue weighted by Gasteiger charge is -2.28. The van der Waals surface area contributed by atoms with Gasteiger partial charge in [-0.3, -0.25) is 0 Å². The highest BCUT2D eigenvalue weighted by Gasteiger charge is 2.47. The molecule has 1 fully saturated rings. The van der Waals surface area contributed by atoms with E-state index in [2.05, 4.69) is 0 Å². The summed E-state index contributed by atoms with van der Waals surface area (Å²) in [5.74, 6) is -0.848. The van der Waals surface area contributed by atoms with E-state index >= 15 is 0 Å². The predicted octanol–water partition coefficient (Wildman–Crippen LogP) is 3.76. The summed E-state index contributed by atoms with van der Waals surface area (Å²) in [7, 11) is 0.